The van der Waals surface area contributed by atoms with E-state index < -0.39 is 0 Å². The van der Waals surface area contributed by atoms with Crippen molar-refractivity contribution in [1.82, 2.24) is 9.88 Å². The summed E-state index contributed by atoms with van der Waals surface area (Å²) in [6.07, 6.45) is 1.16. The summed E-state index contributed by atoms with van der Waals surface area (Å²) in [5.74, 6) is 1.38. The minimum atomic E-state index is -0.386. The third kappa shape index (κ3) is 4.42. The van der Waals surface area contributed by atoms with Crippen molar-refractivity contribution in [1.29, 1.82) is 0 Å². The molecule has 1 amide bonds. The van der Waals surface area contributed by atoms with Gasteiger partial charge in [-0.05, 0) is 45.9 Å². The molecule has 0 bridgehead atoms. The average molecular weight is 364 g/mol. The molecule has 0 saturated heterocycles. The molecular formula is C18H24N2O4S. The number of benzene rings is 1. The van der Waals surface area contributed by atoms with Gasteiger partial charge in [0.1, 0.15) is 16.5 Å². The van der Waals surface area contributed by atoms with E-state index in [4.69, 9.17) is 14.2 Å². The average Bonchev–Trinajstić information content (AvgIpc) is 3.01. The minimum absolute atomic E-state index is 0.310. The molecule has 0 aliphatic heterocycles. The maximum absolute atomic E-state index is 12.4. The molecule has 6 nitrogen and oxygen atoms in total. The molecule has 0 aliphatic rings. The first-order valence-corrected chi connectivity index (χ1v) is 8.79. The second-order valence-corrected chi connectivity index (χ2v) is 7.33. The van der Waals surface area contributed by atoms with Crippen LogP contribution in [0.4, 0.5) is 4.79 Å². The quantitative estimate of drug-likeness (QED) is 0.784. The zero-order valence-electron chi connectivity index (χ0n) is 15.5. The Morgan fingerprint density at radius 1 is 1.24 bits per heavy atom. The van der Waals surface area contributed by atoms with Gasteiger partial charge in [0.05, 0.1) is 26.0 Å². The molecule has 0 N–H and O–H groups in total. The van der Waals surface area contributed by atoms with Gasteiger partial charge in [-0.3, -0.25) is 0 Å². The van der Waals surface area contributed by atoms with Crippen LogP contribution in [0, 0.1) is 0 Å². The van der Waals surface area contributed by atoms with Crippen LogP contribution in [0.1, 0.15) is 27.7 Å². The number of thiazole rings is 1. The highest BCUT2D eigenvalue weighted by molar-refractivity contribution is 7.16. The smallest absolute Gasteiger partial charge is 0.416 e. The first-order valence-electron chi connectivity index (χ1n) is 7.97. The predicted octanol–water partition coefficient (Wildman–Crippen LogP) is 4.45. The number of nitrogens with zero attached hydrogens (tertiary/aromatic N) is 2. The summed E-state index contributed by atoms with van der Waals surface area (Å²) in [6.45, 7) is 8.40. The summed E-state index contributed by atoms with van der Waals surface area (Å²) < 4.78 is 16.1. The summed E-state index contributed by atoms with van der Waals surface area (Å²) in [5, 5.41) is 1.13. The highest BCUT2D eigenvalue weighted by atomic mass is 32.1. The third-order valence-electron chi connectivity index (χ3n) is 3.66. The van der Waals surface area contributed by atoms with Crippen LogP contribution in [0.25, 0.3) is 10.6 Å². The molecule has 2 rings (SSSR count). The van der Waals surface area contributed by atoms with Gasteiger partial charge in [0, 0.05) is 12.1 Å². The molecule has 25 heavy (non-hydrogen) atoms. The van der Waals surface area contributed by atoms with Gasteiger partial charge >= 0.3 is 6.09 Å². The number of carbonyl (C=O) groups is 1. The van der Waals surface area contributed by atoms with Crippen LogP contribution in [-0.4, -0.2) is 42.3 Å². The molecular weight excluding hydrogens is 340 g/mol. The van der Waals surface area contributed by atoms with E-state index in [0.29, 0.717) is 28.1 Å². The number of aromatic nitrogens is 1. The molecule has 0 saturated carbocycles. The number of methoxy groups -OCH3 is 2. The van der Waals surface area contributed by atoms with Crippen LogP contribution in [0.3, 0.4) is 0 Å². The molecule has 0 fully saturated rings. The Hall–Kier alpha value is -2.28. The van der Waals surface area contributed by atoms with Crippen molar-refractivity contribution in [3.8, 4) is 27.1 Å². The second kappa shape index (κ2) is 7.74. The lowest BCUT2D eigenvalue weighted by molar-refractivity contribution is 0.112. The lowest BCUT2D eigenvalue weighted by Crippen LogP contribution is -2.46. The molecule has 0 radical (unpaired) electrons. The van der Waals surface area contributed by atoms with Crippen molar-refractivity contribution in [3.63, 3.8) is 0 Å². The normalized spacial score (nSPS) is 11.1. The first kappa shape index (κ1) is 19.1. The van der Waals surface area contributed by atoms with Crippen LogP contribution in [0.15, 0.2) is 24.4 Å². The number of amides is 1. The van der Waals surface area contributed by atoms with E-state index in [-0.39, 0.29) is 11.6 Å². The highest BCUT2D eigenvalue weighted by Gasteiger charge is 2.27. The lowest BCUT2D eigenvalue weighted by Gasteiger charge is -2.33. The van der Waals surface area contributed by atoms with Crippen molar-refractivity contribution in [3.05, 3.63) is 24.4 Å². The first-order chi connectivity index (χ1) is 11.8. The van der Waals surface area contributed by atoms with Crippen LogP contribution in [0.2, 0.25) is 0 Å². The number of hydrogen-bond acceptors (Lipinski definition) is 6. The van der Waals surface area contributed by atoms with Crippen molar-refractivity contribution >= 4 is 17.4 Å². The fraction of sp³-hybridized carbons (Fsp3) is 0.444. The van der Waals surface area contributed by atoms with Crippen molar-refractivity contribution in [2.45, 2.75) is 33.2 Å². The van der Waals surface area contributed by atoms with Crippen LogP contribution in [-0.2, 0) is 0 Å². The number of hydrogen-bond donors (Lipinski definition) is 0. The van der Waals surface area contributed by atoms with Gasteiger partial charge in [-0.1, -0.05) is 11.3 Å². The third-order valence-corrected chi connectivity index (χ3v) is 4.56. The Morgan fingerprint density at radius 3 is 2.52 bits per heavy atom. The van der Waals surface area contributed by atoms with Crippen molar-refractivity contribution in [2.75, 3.05) is 20.8 Å². The van der Waals surface area contributed by atoms with Gasteiger partial charge in [-0.15, -0.1) is 0 Å². The molecule has 2 aromatic rings. The zero-order valence-corrected chi connectivity index (χ0v) is 16.3. The lowest BCUT2D eigenvalue weighted by atomic mass is 10.1. The summed E-state index contributed by atoms with van der Waals surface area (Å²) >= 11 is 1.29. The van der Waals surface area contributed by atoms with E-state index in [2.05, 4.69) is 4.98 Å². The topological polar surface area (TPSA) is 60.9 Å². The monoisotopic (exact) mass is 364 g/mol. The van der Waals surface area contributed by atoms with Gasteiger partial charge in [0.2, 0.25) is 5.06 Å². The van der Waals surface area contributed by atoms with Crippen molar-refractivity contribution in [2.24, 2.45) is 0 Å². The number of carbonyl (C=O) groups excluding carboxylic acids is 1. The van der Waals surface area contributed by atoms with Gasteiger partial charge in [0.15, 0.2) is 0 Å². The second-order valence-electron chi connectivity index (χ2n) is 6.33. The minimum Gasteiger partial charge on any atom is -0.497 e. The fourth-order valence-corrected chi connectivity index (χ4v) is 3.21. The molecule has 1 heterocycles. The van der Waals surface area contributed by atoms with Crippen LogP contribution >= 0.6 is 11.3 Å². The van der Waals surface area contributed by atoms with Gasteiger partial charge < -0.3 is 19.1 Å². The summed E-state index contributed by atoms with van der Waals surface area (Å²) in [5.41, 5.74) is 0.479. The Balaban J connectivity index is 2.25. The molecule has 0 atom stereocenters. The molecule has 0 spiro atoms. The standard InChI is InChI=1S/C18H24N2O4S/c1-7-20(18(2,3)4)17(21)24-15-11-19-16(25-15)13-10-12(22-5)8-9-14(13)23-6/h8-11H,7H2,1-6H3. The number of rotatable bonds is 5. The summed E-state index contributed by atoms with van der Waals surface area (Å²) in [7, 11) is 3.20. The van der Waals surface area contributed by atoms with E-state index in [0.717, 1.165) is 5.56 Å². The molecule has 1 aromatic carbocycles. The maximum atomic E-state index is 12.4. The Kier molecular flexibility index (Phi) is 5.89. The van der Waals surface area contributed by atoms with Gasteiger partial charge in [-0.2, -0.15) is 0 Å². The summed E-state index contributed by atoms with van der Waals surface area (Å²) in [4.78, 5) is 18.4. The molecule has 0 unspecified atom stereocenters. The van der Waals surface area contributed by atoms with Gasteiger partial charge in [0.25, 0.3) is 0 Å². The van der Waals surface area contributed by atoms with E-state index in [1.165, 1.54) is 11.3 Å². The van der Waals surface area contributed by atoms with E-state index in [1.807, 2.05) is 45.9 Å². The van der Waals surface area contributed by atoms with E-state index in [9.17, 15) is 4.79 Å². The van der Waals surface area contributed by atoms with Crippen molar-refractivity contribution < 1.29 is 19.0 Å². The largest absolute Gasteiger partial charge is 0.497 e. The van der Waals surface area contributed by atoms with Crippen LogP contribution in [0.5, 0.6) is 16.6 Å². The fourth-order valence-electron chi connectivity index (χ4n) is 2.43. The molecule has 7 heteroatoms. The van der Waals surface area contributed by atoms with E-state index in [1.54, 1.807) is 25.3 Å². The Bertz CT molecular complexity index is 737. The SMILES string of the molecule is CCN(C(=O)Oc1cnc(-c2cc(OC)ccc2OC)s1)C(C)(C)C. The van der Waals surface area contributed by atoms with Crippen LogP contribution < -0.4 is 14.2 Å². The zero-order chi connectivity index (χ0) is 18.6. The molecule has 136 valence electrons. The number of ether oxygens (including phenoxy) is 3. The summed E-state index contributed by atoms with van der Waals surface area (Å²) in [6, 6.07) is 5.48. The molecule has 1 aromatic heterocycles. The van der Waals surface area contributed by atoms with E-state index >= 15 is 0 Å². The molecule has 0 aliphatic carbocycles. The van der Waals surface area contributed by atoms with Gasteiger partial charge in [-0.25, -0.2) is 9.78 Å². The maximum Gasteiger partial charge on any atom is 0.416 e. The Labute approximate surface area is 152 Å². The Morgan fingerprint density at radius 2 is 1.96 bits per heavy atom. The highest BCUT2D eigenvalue weighted by Crippen LogP contribution is 2.38. The predicted molar refractivity (Wildman–Crippen MR) is 98.8 cm³/mol.